The van der Waals surface area contributed by atoms with Gasteiger partial charge in [0.05, 0.1) is 5.71 Å². The highest BCUT2D eigenvalue weighted by Crippen LogP contribution is 2.30. The highest BCUT2D eigenvalue weighted by Gasteiger charge is 2.25. The van der Waals surface area contributed by atoms with Gasteiger partial charge in [-0.2, -0.15) is 0 Å². The van der Waals surface area contributed by atoms with Crippen molar-refractivity contribution in [3.05, 3.63) is 0 Å². The molecule has 0 aromatic heterocycles. The Labute approximate surface area is 130 Å². The second kappa shape index (κ2) is 9.37. The smallest absolute Gasteiger partial charge is 0.414 e. The molecule has 1 rings (SSSR count). The van der Waals surface area contributed by atoms with Crippen LogP contribution in [0.3, 0.4) is 0 Å². The van der Waals surface area contributed by atoms with Crippen molar-refractivity contribution in [2.75, 3.05) is 13.2 Å². The van der Waals surface area contributed by atoms with E-state index in [2.05, 4.69) is 31.2 Å². The zero-order valence-corrected chi connectivity index (χ0v) is 13.5. The maximum Gasteiger partial charge on any atom is 0.414 e. The molecule has 0 aromatic carbocycles. The summed E-state index contributed by atoms with van der Waals surface area (Å²) in [7, 11) is 0. The van der Waals surface area contributed by atoms with Gasteiger partial charge in [-0.05, 0) is 40.5 Å². The minimum Gasteiger partial charge on any atom is -0.473 e. The molecule has 0 aliphatic heterocycles. The lowest BCUT2D eigenvalue weighted by atomic mass is 10.1. The van der Waals surface area contributed by atoms with Gasteiger partial charge in [-0.1, -0.05) is 5.16 Å². The molecule has 1 aliphatic carbocycles. The second-order valence-electron chi connectivity index (χ2n) is 6.20. The van der Waals surface area contributed by atoms with Crippen molar-refractivity contribution in [2.24, 2.45) is 11.1 Å². The number of carbonyl (C=O) groups is 2. The third-order valence-corrected chi connectivity index (χ3v) is 2.69. The summed E-state index contributed by atoms with van der Waals surface area (Å²) in [5, 5.41) is 31.6. The van der Waals surface area contributed by atoms with Crippen molar-refractivity contribution in [3.8, 4) is 0 Å². The molecule has 8 heteroatoms. The van der Waals surface area contributed by atoms with Crippen molar-refractivity contribution in [2.45, 2.75) is 52.2 Å². The van der Waals surface area contributed by atoms with Gasteiger partial charge in [0, 0.05) is 18.0 Å². The molecule has 0 amide bonds. The van der Waals surface area contributed by atoms with E-state index in [0.717, 1.165) is 5.71 Å². The molecule has 0 spiro atoms. The number of oxime groups is 1. The first-order valence-electron chi connectivity index (χ1n) is 7.08. The predicted molar refractivity (Wildman–Crippen MR) is 80.8 cm³/mol. The van der Waals surface area contributed by atoms with Gasteiger partial charge in [-0.15, -0.1) is 0 Å². The van der Waals surface area contributed by atoms with E-state index in [4.69, 9.17) is 24.6 Å². The van der Waals surface area contributed by atoms with Crippen molar-refractivity contribution in [1.29, 1.82) is 0 Å². The zero-order valence-electron chi connectivity index (χ0n) is 13.5. The minimum absolute atomic E-state index is 0.0220. The van der Waals surface area contributed by atoms with Gasteiger partial charge < -0.3 is 25.5 Å². The first kappa shape index (κ1) is 20.3. The minimum atomic E-state index is -1.82. The number of nitrogens with zero attached hydrogens (tertiary/aromatic N) is 1. The van der Waals surface area contributed by atoms with Crippen molar-refractivity contribution in [1.82, 2.24) is 5.32 Å². The Bertz CT molecular complexity index is 387. The molecular weight excluding hydrogens is 292 g/mol. The molecule has 1 fully saturated rings. The summed E-state index contributed by atoms with van der Waals surface area (Å²) in [6.07, 6.45) is 1.95. The SMILES string of the molecule is C/C(=N\OC[C@H](O)CNC(C)(C)C)C1CC1.O=C(O)C(=O)O. The highest BCUT2D eigenvalue weighted by atomic mass is 16.6. The van der Waals surface area contributed by atoms with E-state index in [1.54, 1.807) is 0 Å². The number of carboxylic acid groups (broad SMARTS) is 2. The molecule has 22 heavy (non-hydrogen) atoms. The fourth-order valence-corrected chi connectivity index (χ4v) is 1.28. The van der Waals surface area contributed by atoms with E-state index in [0.29, 0.717) is 12.5 Å². The molecular formula is C14H26N2O6. The topological polar surface area (TPSA) is 128 Å². The van der Waals surface area contributed by atoms with Crippen LogP contribution < -0.4 is 5.32 Å². The van der Waals surface area contributed by atoms with Crippen LogP contribution in [0, 0.1) is 5.92 Å². The molecule has 1 atom stereocenters. The monoisotopic (exact) mass is 318 g/mol. The third kappa shape index (κ3) is 12.1. The lowest BCUT2D eigenvalue weighted by Gasteiger charge is -2.22. The second-order valence-corrected chi connectivity index (χ2v) is 6.20. The highest BCUT2D eigenvalue weighted by molar-refractivity contribution is 6.27. The number of hydrogen-bond donors (Lipinski definition) is 4. The quantitative estimate of drug-likeness (QED) is 0.322. The summed E-state index contributed by atoms with van der Waals surface area (Å²) >= 11 is 0. The van der Waals surface area contributed by atoms with Crippen LogP contribution in [0.15, 0.2) is 5.16 Å². The maximum absolute atomic E-state index is 9.62. The number of β-amino-alcohol motifs (C(OH)–C–C–N with tert-alkyl or cyclic N) is 1. The number of aliphatic hydroxyl groups excluding tert-OH is 1. The van der Waals surface area contributed by atoms with Crippen LogP contribution in [0.1, 0.15) is 40.5 Å². The summed E-state index contributed by atoms with van der Waals surface area (Å²) in [5.41, 5.74) is 1.07. The van der Waals surface area contributed by atoms with Crippen LogP contribution in [0.5, 0.6) is 0 Å². The molecule has 1 aliphatic rings. The molecule has 1 saturated carbocycles. The number of hydrogen-bond acceptors (Lipinski definition) is 6. The van der Waals surface area contributed by atoms with Crippen LogP contribution in [-0.2, 0) is 14.4 Å². The summed E-state index contributed by atoms with van der Waals surface area (Å²) in [4.78, 5) is 23.3. The van der Waals surface area contributed by atoms with Crippen molar-refractivity contribution < 1.29 is 29.7 Å². The molecule has 128 valence electrons. The molecule has 0 aromatic rings. The first-order valence-corrected chi connectivity index (χ1v) is 7.08. The van der Waals surface area contributed by atoms with Gasteiger partial charge >= 0.3 is 11.9 Å². The zero-order chi connectivity index (χ0) is 17.3. The molecule has 0 saturated heterocycles. The fraction of sp³-hybridized carbons (Fsp3) is 0.786. The molecule has 0 heterocycles. The van der Waals surface area contributed by atoms with Crippen LogP contribution in [0.2, 0.25) is 0 Å². The molecule has 4 N–H and O–H groups in total. The molecule has 0 unspecified atom stereocenters. The number of rotatable bonds is 6. The van der Waals surface area contributed by atoms with E-state index in [1.807, 2.05) is 6.92 Å². The third-order valence-electron chi connectivity index (χ3n) is 2.69. The maximum atomic E-state index is 9.62. The van der Waals surface area contributed by atoms with Gasteiger partial charge in [0.1, 0.15) is 12.7 Å². The number of nitrogens with one attached hydrogen (secondary N) is 1. The van der Waals surface area contributed by atoms with Gasteiger partial charge in [0.15, 0.2) is 0 Å². The Morgan fingerprint density at radius 1 is 1.27 bits per heavy atom. The summed E-state index contributed by atoms with van der Waals surface area (Å²) in [6, 6.07) is 0. The Kier molecular flexibility index (Phi) is 8.66. The Morgan fingerprint density at radius 2 is 1.77 bits per heavy atom. The Morgan fingerprint density at radius 3 is 2.14 bits per heavy atom. The number of carboxylic acids is 2. The largest absolute Gasteiger partial charge is 0.473 e. The van der Waals surface area contributed by atoms with E-state index in [-0.39, 0.29) is 12.1 Å². The summed E-state index contributed by atoms with van der Waals surface area (Å²) < 4.78 is 0. The van der Waals surface area contributed by atoms with E-state index >= 15 is 0 Å². The molecule has 0 bridgehead atoms. The van der Waals surface area contributed by atoms with Crippen LogP contribution >= 0.6 is 0 Å². The number of aliphatic hydroxyl groups is 1. The Hall–Kier alpha value is -1.67. The summed E-state index contributed by atoms with van der Waals surface area (Å²) in [6.45, 7) is 8.97. The van der Waals surface area contributed by atoms with E-state index in [1.165, 1.54) is 12.8 Å². The fourth-order valence-electron chi connectivity index (χ4n) is 1.28. The first-order chi connectivity index (χ1) is 10.0. The van der Waals surface area contributed by atoms with Gasteiger partial charge in [0.2, 0.25) is 0 Å². The molecule has 0 radical (unpaired) electrons. The van der Waals surface area contributed by atoms with Crippen LogP contribution in [0.25, 0.3) is 0 Å². The normalized spacial score (nSPS) is 16.3. The predicted octanol–water partition coefficient (Wildman–Crippen LogP) is 0.694. The molecule has 8 nitrogen and oxygen atoms in total. The lowest BCUT2D eigenvalue weighted by Crippen LogP contribution is -2.42. The number of aliphatic carboxylic acids is 2. The standard InChI is InChI=1S/C12H24N2O2.C2H2O4/c1-9(10-5-6-10)14-16-8-11(15)7-13-12(2,3)4;3-1(4)2(5)6/h10-11,13,15H,5-8H2,1-4H3;(H,3,4)(H,5,6)/b14-9+;/t11-;/m1./s1. The van der Waals surface area contributed by atoms with Gasteiger partial charge in [0.25, 0.3) is 0 Å². The average Bonchev–Trinajstić information content (AvgIpc) is 3.20. The lowest BCUT2D eigenvalue weighted by molar-refractivity contribution is -0.159. The van der Waals surface area contributed by atoms with Gasteiger partial charge in [-0.3, -0.25) is 0 Å². The Balaban J connectivity index is 0.000000626. The van der Waals surface area contributed by atoms with Crippen LogP contribution in [-0.4, -0.2) is 57.8 Å². The summed E-state index contributed by atoms with van der Waals surface area (Å²) in [5.74, 6) is -3.02. The van der Waals surface area contributed by atoms with Crippen molar-refractivity contribution in [3.63, 3.8) is 0 Å². The van der Waals surface area contributed by atoms with Gasteiger partial charge in [-0.25, -0.2) is 9.59 Å². The van der Waals surface area contributed by atoms with Crippen LogP contribution in [0.4, 0.5) is 0 Å². The van der Waals surface area contributed by atoms with E-state index < -0.39 is 18.0 Å². The average molecular weight is 318 g/mol. The van der Waals surface area contributed by atoms with Crippen molar-refractivity contribution >= 4 is 17.7 Å². The van der Waals surface area contributed by atoms with E-state index in [9.17, 15) is 5.11 Å².